The first-order valence-electron chi connectivity index (χ1n) is 7.24. The van der Waals surface area contributed by atoms with Gasteiger partial charge in [-0.15, -0.1) is 0 Å². The monoisotopic (exact) mass is 308 g/mol. The molecule has 23 heavy (non-hydrogen) atoms. The lowest BCUT2D eigenvalue weighted by Crippen LogP contribution is -1.96. The average Bonchev–Trinajstić information content (AvgIpc) is 3.05. The number of aryl methyl sites for hydroxylation is 2. The molecule has 5 heteroatoms. The molecule has 0 aliphatic rings. The van der Waals surface area contributed by atoms with Crippen LogP contribution in [-0.2, 0) is 6.61 Å². The molecule has 0 radical (unpaired) electrons. The molecular weight excluding hydrogens is 292 g/mol. The zero-order valence-corrected chi connectivity index (χ0v) is 12.9. The van der Waals surface area contributed by atoms with Crippen LogP contribution in [0.3, 0.4) is 0 Å². The third-order valence-corrected chi connectivity index (χ3v) is 3.61. The van der Waals surface area contributed by atoms with Crippen LogP contribution >= 0.6 is 0 Å². The van der Waals surface area contributed by atoms with E-state index >= 15 is 0 Å². The van der Waals surface area contributed by atoms with Gasteiger partial charge in [0.05, 0.1) is 0 Å². The molecule has 0 aliphatic carbocycles. The van der Waals surface area contributed by atoms with E-state index in [0.717, 1.165) is 11.8 Å². The molecule has 0 saturated heterocycles. The van der Waals surface area contributed by atoms with Gasteiger partial charge in [-0.2, -0.15) is 4.98 Å². The number of carbonyl (C=O) groups is 1. The van der Waals surface area contributed by atoms with Gasteiger partial charge in [-0.1, -0.05) is 17.3 Å². The fourth-order valence-corrected chi connectivity index (χ4v) is 2.10. The van der Waals surface area contributed by atoms with E-state index in [0.29, 0.717) is 23.0 Å². The van der Waals surface area contributed by atoms with Crippen LogP contribution in [0.5, 0.6) is 5.75 Å². The molecule has 0 bridgehead atoms. The summed E-state index contributed by atoms with van der Waals surface area (Å²) in [6, 6.07) is 12.9. The minimum atomic E-state index is 0.179. The van der Waals surface area contributed by atoms with E-state index in [1.807, 2.05) is 25.1 Å². The molecule has 0 aliphatic heterocycles. The molecule has 0 N–H and O–H groups in total. The molecule has 1 heterocycles. The Morgan fingerprint density at radius 3 is 2.57 bits per heavy atom. The molecule has 0 saturated carbocycles. The van der Waals surface area contributed by atoms with Crippen LogP contribution in [0.2, 0.25) is 0 Å². The Morgan fingerprint density at radius 2 is 1.87 bits per heavy atom. The van der Waals surface area contributed by atoms with Crippen LogP contribution in [0.25, 0.3) is 11.4 Å². The third kappa shape index (κ3) is 3.45. The number of hydrogen-bond donors (Lipinski definition) is 0. The first-order valence-corrected chi connectivity index (χ1v) is 7.24. The zero-order valence-electron chi connectivity index (χ0n) is 12.9. The van der Waals surface area contributed by atoms with Crippen LogP contribution in [0.15, 0.2) is 47.0 Å². The summed E-state index contributed by atoms with van der Waals surface area (Å²) in [7, 11) is 0. The molecule has 0 amide bonds. The quantitative estimate of drug-likeness (QED) is 0.672. The summed E-state index contributed by atoms with van der Waals surface area (Å²) < 4.78 is 10.8. The van der Waals surface area contributed by atoms with Crippen molar-refractivity contribution in [3.63, 3.8) is 0 Å². The average molecular weight is 308 g/mol. The topological polar surface area (TPSA) is 65.2 Å². The molecule has 0 spiro atoms. The van der Waals surface area contributed by atoms with Gasteiger partial charge in [-0.05, 0) is 55.3 Å². The number of carbonyl (C=O) groups excluding carboxylic acids is 1. The molecule has 0 unspecified atom stereocenters. The Labute approximate surface area is 133 Å². The maximum atomic E-state index is 10.6. The van der Waals surface area contributed by atoms with Crippen molar-refractivity contribution in [1.82, 2.24) is 10.1 Å². The van der Waals surface area contributed by atoms with Crippen LogP contribution in [-0.4, -0.2) is 16.4 Å². The first kappa shape index (κ1) is 15.0. The van der Waals surface area contributed by atoms with Crippen LogP contribution < -0.4 is 4.74 Å². The molecule has 5 nitrogen and oxygen atoms in total. The van der Waals surface area contributed by atoms with Gasteiger partial charge in [0.1, 0.15) is 12.0 Å². The van der Waals surface area contributed by atoms with Gasteiger partial charge in [0, 0.05) is 11.1 Å². The van der Waals surface area contributed by atoms with Crippen molar-refractivity contribution in [1.29, 1.82) is 0 Å². The Morgan fingerprint density at radius 1 is 1.09 bits per heavy atom. The summed E-state index contributed by atoms with van der Waals surface area (Å²) in [6.07, 6.45) is 0.789. The lowest BCUT2D eigenvalue weighted by atomic mass is 10.1. The Balaban J connectivity index is 1.69. The predicted octanol–water partition coefficient (Wildman–Crippen LogP) is 3.74. The van der Waals surface area contributed by atoms with Crippen molar-refractivity contribution >= 4 is 6.29 Å². The van der Waals surface area contributed by atoms with Crippen molar-refractivity contribution in [3.05, 3.63) is 65.0 Å². The van der Waals surface area contributed by atoms with E-state index in [1.54, 1.807) is 24.3 Å². The van der Waals surface area contributed by atoms with Crippen LogP contribution in [0, 0.1) is 13.8 Å². The van der Waals surface area contributed by atoms with Gasteiger partial charge < -0.3 is 9.26 Å². The fourth-order valence-electron chi connectivity index (χ4n) is 2.10. The summed E-state index contributed by atoms with van der Waals surface area (Å²) in [5.74, 6) is 1.59. The molecule has 3 rings (SSSR count). The molecule has 0 atom stereocenters. The van der Waals surface area contributed by atoms with E-state index in [-0.39, 0.29) is 6.61 Å². The highest BCUT2D eigenvalue weighted by molar-refractivity contribution is 5.74. The van der Waals surface area contributed by atoms with Crippen LogP contribution in [0.1, 0.15) is 27.4 Å². The number of hydrogen-bond acceptors (Lipinski definition) is 5. The highest BCUT2D eigenvalue weighted by Crippen LogP contribution is 2.20. The van der Waals surface area contributed by atoms with Gasteiger partial charge >= 0.3 is 0 Å². The van der Waals surface area contributed by atoms with Gasteiger partial charge in [-0.3, -0.25) is 4.79 Å². The number of benzene rings is 2. The molecule has 2 aromatic carbocycles. The summed E-state index contributed by atoms with van der Waals surface area (Å²) in [5, 5.41) is 3.98. The molecule has 0 fully saturated rings. The first-order chi connectivity index (χ1) is 11.2. The van der Waals surface area contributed by atoms with Gasteiger partial charge in [0.25, 0.3) is 5.89 Å². The number of aldehydes is 1. The number of nitrogens with zero attached hydrogens (tertiary/aromatic N) is 2. The lowest BCUT2D eigenvalue weighted by Gasteiger charge is -2.02. The second-order valence-corrected chi connectivity index (χ2v) is 5.29. The Kier molecular flexibility index (Phi) is 4.19. The van der Waals surface area contributed by atoms with E-state index in [4.69, 9.17) is 9.26 Å². The van der Waals surface area contributed by atoms with Gasteiger partial charge in [0.15, 0.2) is 6.61 Å². The minimum absolute atomic E-state index is 0.179. The Bertz CT molecular complexity index is 823. The molecule has 1 aromatic heterocycles. The highest BCUT2D eigenvalue weighted by atomic mass is 16.5. The van der Waals surface area contributed by atoms with Crippen LogP contribution in [0.4, 0.5) is 0 Å². The van der Waals surface area contributed by atoms with Crippen molar-refractivity contribution in [2.45, 2.75) is 20.5 Å². The van der Waals surface area contributed by atoms with E-state index in [1.165, 1.54) is 11.1 Å². The summed E-state index contributed by atoms with van der Waals surface area (Å²) in [5.41, 5.74) is 3.92. The SMILES string of the molecule is Cc1ccc(-c2noc(COc3ccc(C=O)cc3)n2)cc1C. The standard InChI is InChI=1S/C18H16N2O3/c1-12-3-6-15(9-13(12)2)18-19-17(23-20-18)11-22-16-7-4-14(10-21)5-8-16/h3-10H,11H2,1-2H3. The number of rotatable bonds is 5. The fraction of sp³-hybridized carbons (Fsp3) is 0.167. The maximum Gasteiger partial charge on any atom is 0.264 e. The van der Waals surface area contributed by atoms with Crippen molar-refractivity contribution in [2.75, 3.05) is 0 Å². The second kappa shape index (κ2) is 6.44. The van der Waals surface area contributed by atoms with Crippen molar-refractivity contribution in [2.24, 2.45) is 0 Å². The van der Waals surface area contributed by atoms with Gasteiger partial charge in [0.2, 0.25) is 5.82 Å². The maximum absolute atomic E-state index is 10.6. The number of aromatic nitrogens is 2. The second-order valence-electron chi connectivity index (χ2n) is 5.29. The zero-order chi connectivity index (χ0) is 16.2. The molecule has 116 valence electrons. The van der Waals surface area contributed by atoms with E-state index < -0.39 is 0 Å². The Hall–Kier alpha value is -2.95. The van der Waals surface area contributed by atoms with Crippen molar-refractivity contribution in [3.8, 4) is 17.1 Å². The van der Waals surface area contributed by atoms with E-state index in [2.05, 4.69) is 17.1 Å². The molecular formula is C18H16N2O3. The minimum Gasteiger partial charge on any atom is -0.484 e. The predicted molar refractivity (Wildman–Crippen MR) is 85.4 cm³/mol. The smallest absolute Gasteiger partial charge is 0.264 e. The normalized spacial score (nSPS) is 10.5. The number of ether oxygens (including phenoxy) is 1. The van der Waals surface area contributed by atoms with E-state index in [9.17, 15) is 4.79 Å². The summed E-state index contributed by atoms with van der Waals surface area (Å²) >= 11 is 0. The summed E-state index contributed by atoms with van der Waals surface area (Å²) in [4.78, 5) is 14.9. The summed E-state index contributed by atoms with van der Waals surface area (Å²) in [6.45, 7) is 4.29. The largest absolute Gasteiger partial charge is 0.484 e. The van der Waals surface area contributed by atoms with Gasteiger partial charge in [-0.25, -0.2) is 0 Å². The lowest BCUT2D eigenvalue weighted by molar-refractivity contribution is 0.112. The molecule has 3 aromatic rings. The highest BCUT2D eigenvalue weighted by Gasteiger charge is 2.10. The van der Waals surface area contributed by atoms with Crippen molar-refractivity contribution < 1.29 is 14.1 Å². The third-order valence-electron chi connectivity index (χ3n) is 3.61.